The molecule has 2 heteroatoms. The molecule has 0 radical (unpaired) electrons. The fraction of sp³-hybridized carbons (Fsp3) is 0.800. The van der Waals surface area contributed by atoms with Gasteiger partial charge in [0.15, 0.2) is 0 Å². The summed E-state index contributed by atoms with van der Waals surface area (Å²) in [6, 6.07) is 0. The second kappa shape index (κ2) is 11.7. The van der Waals surface area contributed by atoms with Gasteiger partial charge < -0.3 is 5.11 Å². The van der Waals surface area contributed by atoms with Crippen molar-refractivity contribution < 1.29 is 5.11 Å². The van der Waals surface area contributed by atoms with Gasteiger partial charge in [0.25, 0.3) is 0 Å². The van der Waals surface area contributed by atoms with E-state index in [-0.39, 0.29) is 29.6 Å². The quantitative estimate of drug-likeness (QED) is 0.361. The third kappa shape index (κ3) is 8.79. The van der Waals surface area contributed by atoms with Crippen LogP contribution < -0.4 is 0 Å². The normalized spacial score (nSPS) is 11.8. The molecule has 0 fully saturated rings. The second-order valence-electron chi connectivity index (χ2n) is 3.07. The van der Waals surface area contributed by atoms with Crippen molar-refractivity contribution in [2.45, 2.75) is 39.0 Å². The first-order chi connectivity index (χ1) is 5.35. The van der Waals surface area contributed by atoms with Gasteiger partial charge in [0.1, 0.15) is 0 Å². The van der Waals surface area contributed by atoms with E-state index in [2.05, 4.69) is 13.5 Å². The average Bonchev–Trinajstić information content (AvgIpc) is 2.03. The van der Waals surface area contributed by atoms with Gasteiger partial charge in [-0.15, -0.1) is 6.58 Å². The second-order valence-corrected chi connectivity index (χ2v) is 3.07. The average molecular weight is 180 g/mol. The molecule has 0 spiro atoms. The molecule has 0 bridgehead atoms. The molecular weight excluding hydrogens is 159 g/mol. The van der Waals surface area contributed by atoms with Gasteiger partial charge in [0.05, 0.1) is 0 Å². The van der Waals surface area contributed by atoms with Gasteiger partial charge in [-0.25, -0.2) is 0 Å². The Labute approximate surface area is 98.5 Å². The molecule has 0 heterocycles. The number of allylic oxidation sites excluding steroid dienone is 1. The summed E-state index contributed by atoms with van der Waals surface area (Å²) in [7, 11) is 0. The first-order valence-electron chi connectivity index (χ1n) is 4.56. The molecule has 1 atom stereocenters. The predicted octanol–water partition coefficient (Wildman–Crippen LogP) is 2.10. The summed E-state index contributed by atoms with van der Waals surface area (Å²) < 4.78 is 0. The zero-order valence-electron chi connectivity index (χ0n) is 7.55. The molecule has 0 rings (SSSR count). The molecule has 1 unspecified atom stereocenters. The molecule has 1 N–H and O–H groups in total. The summed E-state index contributed by atoms with van der Waals surface area (Å²) in [5.74, 6) is 0.457. The molecule has 0 saturated heterocycles. The topological polar surface area (TPSA) is 20.2 Å². The molecule has 0 aromatic heterocycles. The Morgan fingerprint density at radius 2 is 2.08 bits per heavy atom. The van der Waals surface area contributed by atoms with Crippen molar-refractivity contribution in [2.24, 2.45) is 5.92 Å². The van der Waals surface area contributed by atoms with Gasteiger partial charge >= 0.3 is 29.6 Å². The third-order valence-corrected chi connectivity index (χ3v) is 1.97. The first-order valence-corrected chi connectivity index (χ1v) is 4.56. The van der Waals surface area contributed by atoms with Crippen LogP contribution in [0.1, 0.15) is 39.0 Å². The van der Waals surface area contributed by atoms with E-state index in [4.69, 9.17) is 5.11 Å². The number of aliphatic hydroxyl groups is 1. The monoisotopic (exact) mass is 180 g/mol. The van der Waals surface area contributed by atoms with Crippen LogP contribution in [0, 0.1) is 5.92 Å². The van der Waals surface area contributed by atoms with Gasteiger partial charge in [-0.05, 0) is 18.8 Å². The van der Waals surface area contributed by atoms with Crippen LogP contribution in [0.25, 0.3) is 0 Å². The molecule has 0 aliphatic heterocycles. The van der Waals surface area contributed by atoms with Crippen LogP contribution in [0.2, 0.25) is 0 Å². The fourth-order valence-electron chi connectivity index (χ4n) is 1.20. The van der Waals surface area contributed by atoms with Crippen LogP contribution in [0.3, 0.4) is 0 Å². The van der Waals surface area contributed by atoms with Crippen LogP contribution in [0.5, 0.6) is 0 Å². The van der Waals surface area contributed by atoms with Gasteiger partial charge in [0, 0.05) is 6.61 Å². The van der Waals surface area contributed by atoms with Crippen LogP contribution in [-0.4, -0.2) is 41.3 Å². The third-order valence-electron chi connectivity index (χ3n) is 1.97. The number of hydrogen-bond acceptors (Lipinski definition) is 1. The molecule has 0 aliphatic rings. The number of aliphatic hydroxyl groups excluding tert-OH is 1. The Balaban J connectivity index is 0. The van der Waals surface area contributed by atoms with Crippen LogP contribution in [0.4, 0.5) is 0 Å². The molecule has 0 saturated carbocycles. The molecular formula is C10H21NaO. The van der Waals surface area contributed by atoms with Crippen molar-refractivity contribution in [1.82, 2.24) is 0 Å². The summed E-state index contributed by atoms with van der Waals surface area (Å²) in [6.45, 7) is 6.18. The Bertz CT molecular complexity index is 93.8. The minimum absolute atomic E-state index is 0. The summed E-state index contributed by atoms with van der Waals surface area (Å²) in [6.07, 6.45) is 7.79. The van der Waals surface area contributed by atoms with E-state index < -0.39 is 0 Å². The molecule has 0 amide bonds. The molecule has 0 aliphatic carbocycles. The predicted molar refractivity (Wildman–Crippen MR) is 56.7 cm³/mol. The maximum absolute atomic E-state index is 8.91. The van der Waals surface area contributed by atoms with Gasteiger partial charge in [-0.3, -0.25) is 0 Å². The van der Waals surface area contributed by atoms with Crippen molar-refractivity contribution in [1.29, 1.82) is 0 Å². The van der Waals surface area contributed by atoms with E-state index in [1.807, 2.05) is 6.08 Å². The van der Waals surface area contributed by atoms with Crippen molar-refractivity contribution in [3.63, 3.8) is 0 Å². The Kier molecular flexibility index (Phi) is 14.8. The summed E-state index contributed by atoms with van der Waals surface area (Å²) in [4.78, 5) is 0. The van der Waals surface area contributed by atoms with Crippen LogP contribution in [0.15, 0.2) is 12.7 Å². The van der Waals surface area contributed by atoms with E-state index >= 15 is 0 Å². The van der Waals surface area contributed by atoms with Crippen molar-refractivity contribution in [2.75, 3.05) is 6.61 Å². The zero-order valence-corrected chi connectivity index (χ0v) is 7.55. The Morgan fingerprint density at radius 3 is 2.50 bits per heavy atom. The Morgan fingerprint density at radius 1 is 1.42 bits per heavy atom. The summed E-state index contributed by atoms with van der Waals surface area (Å²) >= 11 is 0. The van der Waals surface area contributed by atoms with Gasteiger partial charge in [-0.1, -0.05) is 32.3 Å². The maximum atomic E-state index is 8.91. The summed E-state index contributed by atoms with van der Waals surface area (Å²) in [5, 5.41) is 8.91. The standard InChI is InChI=1S/C10H20O.Na.H/c1-3-5-6-8-10(9-11)7-4-2;;/h4,10-11H,2-3,5-9H2,1H3;;. The number of unbranched alkanes of at least 4 members (excludes halogenated alkanes) is 2. The first kappa shape index (κ1) is 15.2. The van der Waals surface area contributed by atoms with E-state index in [0.29, 0.717) is 12.5 Å². The van der Waals surface area contributed by atoms with E-state index in [0.717, 1.165) is 12.8 Å². The SMILES string of the molecule is C=CCC(CO)CCCCC.[NaH]. The molecule has 1 nitrogen and oxygen atoms in total. The van der Waals surface area contributed by atoms with E-state index in [1.54, 1.807) is 0 Å². The molecule has 68 valence electrons. The van der Waals surface area contributed by atoms with Gasteiger partial charge in [0.2, 0.25) is 0 Å². The molecule has 0 aromatic rings. The van der Waals surface area contributed by atoms with E-state index in [9.17, 15) is 0 Å². The van der Waals surface area contributed by atoms with Gasteiger partial charge in [-0.2, -0.15) is 0 Å². The minimum atomic E-state index is 0. The number of rotatable bonds is 7. The molecule has 12 heavy (non-hydrogen) atoms. The number of hydrogen-bond donors (Lipinski definition) is 1. The summed E-state index contributed by atoms with van der Waals surface area (Å²) in [5.41, 5.74) is 0. The van der Waals surface area contributed by atoms with Crippen molar-refractivity contribution in [3.05, 3.63) is 12.7 Å². The fourth-order valence-corrected chi connectivity index (χ4v) is 1.20. The van der Waals surface area contributed by atoms with Crippen molar-refractivity contribution in [3.8, 4) is 0 Å². The van der Waals surface area contributed by atoms with Crippen molar-refractivity contribution >= 4 is 29.6 Å². The van der Waals surface area contributed by atoms with Crippen LogP contribution in [-0.2, 0) is 0 Å². The van der Waals surface area contributed by atoms with E-state index in [1.165, 1.54) is 19.3 Å². The molecule has 0 aromatic carbocycles. The van der Waals surface area contributed by atoms with Crippen LogP contribution >= 0.6 is 0 Å². The Hall–Kier alpha value is 0.700. The zero-order chi connectivity index (χ0) is 8.53.